The second-order valence-corrected chi connectivity index (χ2v) is 4.30. The molecule has 76 valence electrons. The molecule has 1 aliphatic rings. The molecule has 13 heavy (non-hydrogen) atoms. The molecule has 0 saturated heterocycles. The highest BCUT2D eigenvalue weighted by Gasteiger charge is 2.37. The van der Waals surface area contributed by atoms with Crippen LogP contribution >= 0.6 is 0 Å². The minimum Gasteiger partial charge on any atom is -0.355 e. The molecule has 0 heterocycles. The van der Waals surface area contributed by atoms with Gasteiger partial charge in [-0.3, -0.25) is 4.79 Å². The third kappa shape index (κ3) is 3.35. The number of carbonyl (C=O) groups is 1. The van der Waals surface area contributed by atoms with Crippen LogP contribution in [0.25, 0.3) is 0 Å². The molecule has 0 unspecified atom stereocenters. The van der Waals surface area contributed by atoms with Gasteiger partial charge in [-0.1, -0.05) is 0 Å². The van der Waals surface area contributed by atoms with Crippen LogP contribution in [0.3, 0.4) is 0 Å². The second kappa shape index (κ2) is 4.09. The molecule has 2 N–H and O–H groups in total. The lowest BCUT2D eigenvalue weighted by molar-refractivity contribution is -0.120. The van der Waals surface area contributed by atoms with Crippen LogP contribution in [0.4, 0.5) is 0 Å². The normalized spacial score (nSPS) is 17.2. The fourth-order valence-corrected chi connectivity index (χ4v) is 1.52. The molecule has 1 aliphatic carbocycles. The van der Waals surface area contributed by atoms with E-state index < -0.39 is 0 Å². The molecule has 1 amide bonds. The van der Waals surface area contributed by atoms with Gasteiger partial charge in [-0.25, -0.2) is 0 Å². The fraction of sp³-hybridized carbons (Fsp3) is 0.900. The van der Waals surface area contributed by atoms with Gasteiger partial charge in [-0.2, -0.15) is 0 Å². The number of hydrogen-bond acceptors (Lipinski definition) is 2. The van der Waals surface area contributed by atoms with Crippen molar-refractivity contribution < 1.29 is 4.79 Å². The number of amides is 1. The average molecular weight is 184 g/mol. The Bertz CT molecular complexity index is 185. The molecule has 0 atom stereocenters. The van der Waals surface area contributed by atoms with E-state index in [1.54, 1.807) is 0 Å². The van der Waals surface area contributed by atoms with E-state index in [4.69, 9.17) is 0 Å². The van der Waals surface area contributed by atoms with Gasteiger partial charge in [0.05, 0.1) is 6.54 Å². The highest BCUT2D eigenvalue weighted by atomic mass is 16.1. The molecule has 1 rings (SSSR count). The Kier molecular flexibility index (Phi) is 3.31. The van der Waals surface area contributed by atoms with Crippen molar-refractivity contribution in [3.8, 4) is 0 Å². The van der Waals surface area contributed by atoms with Crippen LogP contribution in [0.5, 0.6) is 0 Å². The van der Waals surface area contributed by atoms with Crippen LogP contribution in [-0.2, 0) is 4.79 Å². The molecule has 1 saturated carbocycles. The van der Waals surface area contributed by atoms with Gasteiger partial charge in [0, 0.05) is 12.1 Å². The summed E-state index contributed by atoms with van der Waals surface area (Å²) < 4.78 is 0. The van der Waals surface area contributed by atoms with E-state index in [2.05, 4.69) is 24.5 Å². The first-order valence-electron chi connectivity index (χ1n) is 5.08. The van der Waals surface area contributed by atoms with Gasteiger partial charge in [0.15, 0.2) is 0 Å². The van der Waals surface area contributed by atoms with E-state index >= 15 is 0 Å². The lowest BCUT2D eigenvalue weighted by Gasteiger charge is -2.25. The number of nitrogens with one attached hydrogen (secondary N) is 2. The summed E-state index contributed by atoms with van der Waals surface area (Å²) in [5.41, 5.74) is 0.130. The van der Waals surface area contributed by atoms with E-state index in [0.29, 0.717) is 13.1 Å². The Morgan fingerprint density at radius 3 is 2.54 bits per heavy atom. The number of rotatable bonds is 5. The van der Waals surface area contributed by atoms with Gasteiger partial charge < -0.3 is 10.6 Å². The predicted octanol–water partition coefficient (Wildman–Crippen LogP) is 0.901. The number of carbonyl (C=O) groups excluding carboxylic acids is 1. The van der Waals surface area contributed by atoms with Gasteiger partial charge in [0.2, 0.25) is 5.91 Å². The Balaban J connectivity index is 2.20. The van der Waals surface area contributed by atoms with Crippen molar-refractivity contribution in [2.45, 2.75) is 39.2 Å². The molecule has 3 nitrogen and oxygen atoms in total. The molecule has 0 radical (unpaired) electrons. The molecule has 3 heteroatoms. The maximum absolute atomic E-state index is 11.2. The zero-order valence-electron chi connectivity index (χ0n) is 8.81. The van der Waals surface area contributed by atoms with Gasteiger partial charge in [-0.15, -0.1) is 0 Å². The summed E-state index contributed by atoms with van der Waals surface area (Å²) in [4.78, 5) is 11.2. The second-order valence-electron chi connectivity index (χ2n) is 4.30. The van der Waals surface area contributed by atoms with E-state index in [0.717, 1.165) is 5.92 Å². The maximum atomic E-state index is 11.2. The Hall–Kier alpha value is -0.570. The summed E-state index contributed by atoms with van der Waals surface area (Å²) in [6.45, 7) is 7.43. The quantitative estimate of drug-likeness (QED) is 0.666. The molecule has 0 aromatic heterocycles. The van der Waals surface area contributed by atoms with Crippen LogP contribution in [-0.4, -0.2) is 24.5 Å². The summed E-state index contributed by atoms with van der Waals surface area (Å²) in [5.74, 6) is 0.859. The largest absolute Gasteiger partial charge is 0.355 e. The van der Waals surface area contributed by atoms with Crippen molar-refractivity contribution in [1.82, 2.24) is 10.6 Å². The zero-order valence-corrected chi connectivity index (χ0v) is 8.81. The van der Waals surface area contributed by atoms with Crippen molar-refractivity contribution >= 4 is 5.91 Å². The molecule has 0 aromatic carbocycles. The lowest BCUT2D eigenvalue weighted by atomic mass is 9.99. The monoisotopic (exact) mass is 184 g/mol. The average Bonchev–Trinajstić information content (AvgIpc) is 2.84. The minimum atomic E-state index is 0.0937. The Morgan fingerprint density at radius 1 is 1.46 bits per heavy atom. The summed E-state index contributed by atoms with van der Waals surface area (Å²) in [6, 6.07) is 0. The van der Waals surface area contributed by atoms with Crippen LogP contribution in [0.15, 0.2) is 0 Å². The fourth-order valence-electron chi connectivity index (χ4n) is 1.52. The van der Waals surface area contributed by atoms with E-state index in [1.165, 1.54) is 12.8 Å². The first-order valence-corrected chi connectivity index (χ1v) is 5.08. The highest BCUT2D eigenvalue weighted by Crippen LogP contribution is 2.38. The summed E-state index contributed by atoms with van der Waals surface area (Å²) in [7, 11) is 0. The number of likely N-dealkylation sites (N-methyl/N-ethyl adjacent to an activating group) is 1. The van der Waals surface area contributed by atoms with Crippen molar-refractivity contribution in [3.05, 3.63) is 0 Å². The van der Waals surface area contributed by atoms with Gasteiger partial charge in [0.1, 0.15) is 0 Å². The molecule has 0 bridgehead atoms. The molecule has 0 aliphatic heterocycles. The molecule has 1 fully saturated rings. The third-order valence-electron chi connectivity index (χ3n) is 2.68. The minimum absolute atomic E-state index is 0.0937. The zero-order chi connectivity index (χ0) is 9.90. The highest BCUT2D eigenvalue weighted by molar-refractivity contribution is 5.77. The molecule has 0 spiro atoms. The molecular weight excluding hydrogens is 164 g/mol. The smallest absolute Gasteiger partial charge is 0.233 e. The molecule has 0 aromatic rings. The molecular formula is C10H20N2O. The summed E-state index contributed by atoms with van der Waals surface area (Å²) >= 11 is 0. The van der Waals surface area contributed by atoms with Crippen molar-refractivity contribution in [2.24, 2.45) is 5.92 Å². The standard InChI is InChI=1S/C10H20N2O/c1-4-11-9(13)7-12-10(2,3)8-5-6-8/h8,12H,4-7H2,1-3H3,(H,11,13). The van der Waals surface area contributed by atoms with Gasteiger partial charge in [0.25, 0.3) is 0 Å². The Morgan fingerprint density at radius 2 is 2.08 bits per heavy atom. The first kappa shape index (κ1) is 10.5. The van der Waals surface area contributed by atoms with E-state index in [1.807, 2.05) is 6.92 Å². The van der Waals surface area contributed by atoms with Crippen LogP contribution in [0, 0.1) is 5.92 Å². The van der Waals surface area contributed by atoms with Crippen LogP contribution in [0.2, 0.25) is 0 Å². The van der Waals surface area contributed by atoms with Crippen molar-refractivity contribution in [3.63, 3.8) is 0 Å². The third-order valence-corrected chi connectivity index (χ3v) is 2.68. The number of hydrogen-bond donors (Lipinski definition) is 2. The van der Waals surface area contributed by atoms with Gasteiger partial charge >= 0.3 is 0 Å². The van der Waals surface area contributed by atoms with Crippen LogP contribution in [0.1, 0.15) is 33.6 Å². The lowest BCUT2D eigenvalue weighted by Crippen LogP contribution is -2.46. The van der Waals surface area contributed by atoms with Gasteiger partial charge in [-0.05, 0) is 39.5 Å². The van der Waals surface area contributed by atoms with E-state index in [-0.39, 0.29) is 11.4 Å². The van der Waals surface area contributed by atoms with Crippen LogP contribution < -0.4 is 10.6 Å². The predicted molar refractivity (Wildman–Crippen MR) is 53.5 cm³/mol. The maximum Gasteiger partial charge on any atom is 0.233 e. The Labute approximate surface area is 80.3 Å². The first-order chi connectivity index (χ1) is 6.06. The SMILES string of the molecule is CCNC(=O)CNC(C)(C)C1CC1. The van der Waals surface area contributed by atoms with Crippen molar-refractivity contribution in [1.29, 1.82) is 0 Å². The van der Waals surface area contributed by atoms with Crippen molar-refractivity contribution in [2.75, 3.05) is 13.1 Å². The topological polar surface area (TPSA) is 41.1 Å². The van der Waals surface area contributed by atoms with E-state index in [9.17, 15) is 4.79 Å². The summed E-state index contributed by atoms with van der Waals surface area (Å²) in [5, 5.41) is 6.07. The summed E-state index contributed by atoms with van der Waals surface area (Å²) in [6.07, 6.45) is 2.60.